The van der Waals surface area contributed by atoms with Crippen molar-refractivity contribution in [1.29, 1.82) is 0 Å². The number of rotatable bonds is 6. The summed E-state index contributed by atoms with van der Waals surface area (Å²) in [6, 6.07) is 0.0908. The molecule has 1 rings (SSSR count). The van der Waals surface area contributed by atoms with Crippen LogP contribution in [0.25, 0.3) is 0 Å². The zero-order valence-corrected chi connectivity index (χ0v) is 11.1. The summed E-state index contributed by atoms with van der Waals surface area (Å²) in [6.07, 6.45) is 1.43. The number of methoxy groups -OCH3 is 1. The molecular formula is C11H18N4O3. The molecule has 0 fully saturated rings. The van der Waals surface area contributed by atoms with Gasteiger partial charge in [-0.15, -0.1) is 0 Å². The summed E-state index contributed by atoms with van der Waals surface area (Å²) in [6.45, 7) is 5.81. The number of aromatic nitrogens is 2. The third-order valence-electron chi connectivity index (χ3n) is 2.59. The third kappa shape index (κ3) is 3.06. The molecule has 1 aromatic heterocycles. The Morgan fingerprint density at radius 2 is 2.11 bits per heavy atom. The van der Waals surface area contributed by atoms with Crippen LogP contribution in [0.4, 0.5) is 11.5 Å². The van der Waals surface area contributed by atoms with Crippen LogP contribution in [-0.4, -0.2) is 28.0 Å². The largest absolute Gasteiger partial charge is 0.476 e. The fourth-order valence-electron chi connectivity index (χ4n) is 1.38. The molecule has 1 unspecified atom stereocenters. The molecule has 1 N–H and O–H groups in total. The molecule has 0 saturated heterocycles. The molecule has 7 nitrogen and oxygen atoms in total. The smallest absolute Gasteiger partial charge is 0.372 e. The highest BCUT2D eigenvalue weighted by Crippen LogP contribution is 2.32. The number of nitrogens with one attached hydrogen (secondary N) is 1. The van der Waals surface area contributed by atoms with E-state index in [-0.39, 0.29) is 23.4 Å². The van der Waals surface area contributed by atoms with E-state index in [0.29, 0.717) is 12.2 Å². The normalized spacial score (nSPS) is 12.0. The van der Waals surface area contributed by atoms with Crippen LogP contribution >= 0.6 is 0 Å². The van der Waals surface area contributed by atoms with Gasteiger partial charge in [0.15, 0.2) is 0 Å². The zero-order valence-electron chi connectivity index (χ0n) is 11.1. The Kier molecular flexibility index (Phi) is 4.82. The number of nitrogens with zero attached hydrogens (tertiary/aromatic N) is 3. The molecule has 0 aliphatic rings. The molecule has 0 saturated carbocycles. The summed E-state index contributed by atoms with van der Waals surface area (Å²) in [4.78, 5) is 18.7. The second-order valence-electron chi connectivity index (χ2n) is 3.91. The number of aryl methyl sites for hydroxylation is 1. The molecule has 18 heavy (non-hydrogen) atoms. The Labute approximate surface area is 106 Å². The van der Waals surface area contributed by atoms with Crippen molar-refractivity contribution in [2.24, 2.45) is 0 Å². The number of ether oxygens (including phenoxy) is 1. The van der Waals surface area contributed by atoms with E-state index in [1.165, 1.54) is 7.11 Å². The Hall–Kier alpha value is -1.92. The fraction of sp³-hybridized carbons (Fsp3) is 0.636. The van der Waals surface area contributed by atoms with Crippen LogP contribution in [0, 0.1) is 10.1 Å². The van der Waals surface area contributed by atoms with E-state index in [4.69, 9.17) is 4.74 Å². The monoisotopic (exact) mass is 254 g/mol. The van der Waals surface area contributed by atoms with Crippen LogP contribution in [0.5, 0.6) is 5.88 Å². The van der Waals surface area contributed by atoms with Gasteiger partial charge in [0.05, 0.1) is 12.0 Å². The van der Waals surface area contributed by atoms with Gasteiger partial charge in [0.1, 0.15) is 5.82 Å². The molecule has 0 spiro atoms. The quantitative estimate of drug-likeness (QED) is 0.618. The van der Waals surface area contributed by atoms with E-state index in [2.05, 4.69) is 15.3 Å². The summed E-state index contributed by atoms with van der Waals surface area (Å²) in [5.41, 5.74) is -0.213. The standard InChI is InChI=1S/C11H18N4O3/c1-5-7(3)12-10-9(15(16)17)11(18-4)14-8(6-2)13-10/h7H,5-6H2,1-4H3,(H,12,13,14). The molecule has 0 amide bonds. The molecule has 1 heterocycles. The fourth-order valence-corrected chi connectivity index (χ4v) is 1.38. The minimum Gasteiger partial charge on any atom is -0.476 e. The van der Waals surface area contributed by atoms with Gasteiger partial charge in [-0.2, -0.15) is 4.98 Å². The third-order valence-corrected chi connectivity index (χ3v) is 2.59. The maximum Gasteiger partial charge on any atom is 0.372 e. The van der Waals surface area contributed by atoms with Crippen LogP contribution in [0.3, 0.4) is 0 Å². The van der Waals surface area contributed by atoms with Gasteiger partial charge in [-0.05, 0) is 13.3 Å². The summed E-state index contributed by atoms with van der Waals surface area (Å²) < 4.78 is 4.97. The number of anilines is 1. The lowest BCUT2D eigenvalue weighted by molar-refractivity contribution is -0.385. The van der Waals surface area contributed by atoms with Gasteiger partial charge in [0.2, 0.25) is 5.82 Å². The van der Waals surface area contributed by atoms with Crippen molar-refractivity contribution in [2.75, 3.05) is 12.4 Å². The SMILES string of the molecule is CCc1nc(NC(C)CC)c([N+](=O)[O-])c(OC)n1. The first kappa shape index (κ1) is 14.1. The van der Waals surface area contributed by atoms with Gasteiger partial charge in [-0.3, -0.25) is 10.1 Å². The first-order valence-electron chi connectivity index (χ1n) is 5.89. The predicted molar refractivity (Wildman–Crippen MR) is 68.0 cm³/mol. The molecule has 7 heteroatoms. The summed E-state index contributed by atoms with van der Waals surface area (Å²) in [5, 5.41) is 14.1. The van der Waals surface area contributed by atoms with Crippen molar-refractivity contribution in [3.8, 4) is 5.88 Å². The first-order chi connectivity index (χ1) is 8.53. The van der Waals surface area contributed by atoms with Crippen molar-refractivity contribution in [3.05, 3.63) is 15.9 Å². The van der Waals surface area contributed by atoms with Gasteiger partial charge in [-0.1, -0.05) is 13.8 Å². The molecule has 1 aromatic rings. The molecule has 0 bridgehead atoms. The topological polar surface area (TPSA) is 90.2 Å². The van der Waals surface area contributed by atoms with E-state index in [0.717, 1.165) is 6.42 Å². The summed E-state index contributed by atoms with van der Waals surface area (Å²) in [7, 11) is 1.36. The Bertz CT molecular complexity index is 437. The maximum atomic E-state index is 11.1. The Morgan fingerprint density at radius 1 is 1.44 bits per heavy atom. The van der Waals surface area contributed by atoms with Crippen LogP contribution in [-0.2, 0) is 6.42 Å². The van der Waals surface area contributed by atoms with E-state index >= 15 is 0 Å². The van der Waals surface area contributed by atoms with Crippen molar-refractivity contribution >= 4 is 11.5 Å². The second kappa shape index (κ2) is 6.13. The highest BCUT2D eigenvalue weighted by atomic mass is 16.6. The van der Waals surface area contributed by atoms with Crippen LogP contribution < -0.4 is 10.1 Å². The van der Waals surface area contributed by atoms with Crippen LogP contribution in [0.2, 0.25) is 0 Å². The van der Waals surface area contributed by atoms with Gasteiger partial charge in [-0.25, -0.2) is 4.98 Å². The number of nitro groups is 1. The minimum atomic E-state index is -0.525. The first-order valence-corrected chi connectivity index (χ1v) is 5.89. The lowest BCUT2D eigenvalue weighted by atomic mass is 10.2. The number of hydrogen-bond donors (Lipinski definition) is 1. The van der Waals surface area contributed by atoms with Crippen molar-refractivity contribution in [1.82, 2.24) is 9.97 Å². The molecule has 0 aliphatic heterocycles. The number of hydrogen-bond acceptors (Lipinski definition) is 6. The highest BCUT2D eigenvalue weighted by Gasteiger charge is 2.26. The average molecular weight is 254 g/mol. The minimum absolute atomic E-state index is 0.00217. The van der Waals surface area contributed by atoms with Crippen molar-refractivity contribution < 1.29 is 9.66 Å². The summed E-state index contributed by atoms with van der Waals surface area (Å²) >= 11 is 0. The molecular weight excluding hydrogens is 236 g/mol. The Balaban J connectivity index is 3.29. The maximum absolute atomic E-state index is 11.1. The van der Waals surface area contributed by atoms with Gasteiger partial charge >= 0.3 is 5.69 Å². The van der Waals surface area contributed by atoms with Crippen LogP contribution in [0.15, 0.2) is 0 Å². The van der Waals surface area contributed by atoms with Gasteiger partial charge in [0, 0.05) is 12.5 Å². The summed E-state index contributed by atoms with van der Waals surface area (Å²) in [5.74, 6) is 0.735. The molecule has 0 radical (unpaired) electrons. The van der Waals surface area contributed by atoms with E-state index in [1.807, 2.05) is 20.8 Å². The Morgan fingerprint density at radius 3 is 2.56 bits per heavy atom. The van der Waals surface area contributed by atoms with E-state index in [9.17, 15) is 10.1 Å². The van der Waals surface area contributed by atoms with Crippen LogP contribution in [0.1, 0.15) is 33.0 Å². The highest BCUT2D eigenvalue weighted by molar-refractivity contribution is 5.62. The van der Waals surface area contributed by atoms with E-state index < -0.39 is 4.92 Å². The lowest BCUT2D eigenvalue weighted by Gasteiger charge is -2.13. The average Bonchev–Trinajstić information content (AvgIpc) is 2.36. The second-order valence-corrected chi connectivity index (χ2v) is 3.91. The van der Waals surface area contributed by atoms with Crippen molar-refractivity contribution in [2.45, 2.75) is 39.7 Å². The zero-order chi connectivity index (χ0) is 13.7. The van der Waals surface area contributed by atoms with Gasteiger partial charge in [0.25, 0.3) is 5.88 Å². The van der Waals surface area contributed by atoms with E-state index in [1.54, 1.807) is 0 Å². The molecule has 0 aliphatic carbocycles. The molecule has 1 atom stereocenters. The lowest BCUT2D eigenvalue weighted by Crippen LogP contribution is -2.17. The van der Waals surface area contributed by atoms with Gasteiger partial charge < -0.3 is 10.1 Å². The predicted octanol–water partition coefficient (Wildman–Crippen LogP) is 2.17. The molecule has 0 aromatic carbocycles. The molecule has 100 valence electrons. The van der Waals surface area contributed by atoms with Crippen molar-refractivity contribution in [3.63, 3.8) is 0 Å².